The van der Waals surface area contributed by atoms with E-state index in [9.17, 15) is 0 Å². The molecular weight excluding hydrogens is 230 g/mol. The highest BCUT2D eigenvalue weighted by molar-refractivity contribution is 8.14. The molecule has 0 aliphatic carbocycles. The Kier molecular flexibility index (Phi) is 3.70. The number of amidine groups is 1. The van der Waals surface area contributed by atoms with E-state index in [0.717, 1.165) is 28.7 Å². The summed E-state index contributed by atoms with van der Waals surface area (Å²) in [4.78, 5) is 4.49. The van der Waals surface area contributed by atoms with Gasteiger partial charge in [-0.3, -0.25) is 4.99 Å². The molecule has 0 amide bonds. The van der Waals surface area contributed by atoms with Crippen molar-refractivity contribution in [3.05, 3.63) is 29.3 Å². The van der Waals surface area contributed by atoms with E-state index in [4.69, 9.17) is 5.26 Å². The molecule has 1 aliphatic rings. The van der Waals surface area contributed by atoms with Gasteiger partial charge >= 0.3 is 0 Å². The highest BCUT2D eigenvalue weighted by Crippen LogP contribution is 2.22. The fourth-order valence-corrected chi connectivity index (χ4v) is 2.47. The summed E-state index contributed by atoms with van der Waals surface area (Å²) in [5, 5.41) is 13.1. The van der Waals surface area contributed by atoms with Gasteiger partial charge in [0.25, 0.3) is 0 Å². The van der Waals surface area contributed by atoms with Gasteiger partial charge in [0, 0.05) is 18.0 Å². The van der Waals surface area contributed by atoms with Crippen LogP contribution in [0.15, 0.2) is 23.2 Å². The first-order valence-electron chi connectivity index (χ1n) is 5.64. The molecule has 1 aromatic rings. The highest BCUT2D eigenvalue weighted by Gasteiger charge is 2.12. The third-order valence-corrected chi connectivity index (χ3v) is 3.90. The minimum atomic E-state index is 0.650. The van der Waals surface area contributed by atoms with Gasteiger partial charge in [-0.2, -0.15) is 5.26 Å². The fourth-order valence-electron chi connectivity index (χ4n) is 1.58. The third kappa shape index (κ3) is 3.01. The van der Waals surface area contributed by atoms with Crippen molar-refractivity contribution in [2.24, 2.45) is 10.9 Å². The molecule has 1 atom stereocenters. The molecule has 1 aliphatic heterocycles. The first kappa shape index (κ1) is 12.0. The van der Waals surface area contributed by atoms with Crippen LogP contribution in [0.1, 0.15) is 18.1 Å². The number of nitrogens with zero attached hydrogens (tertiary/aromatic N) is 2. The maximum absolute atomic E-state index is 8.88. The summed E-state index contributed by atoms with van der Waals surface area (Å²) < 4.78 is 0. The molecule has 0 bridgehead atoms. The van der Waals surface area contributed by atoms with Crippen LogP contribution < -0.4 is 5.32 Å². The predicted octanol–water partition coefficient (Wildman–Crippen LogP) is 3.02. The third-order valence-electron chi connectivity index (χ3n) is 2.66. The zero-order chi connectivity index (χ0) is 12.3. The number of hydrogen-bond acceptors (Lipinski definition) is 4. The van der Waals surface area contributed by atoms with Crippen LogP contribution >= 0.6 is 11.8 Å². The van der Waals surface area contributed by atoms with Gasteiger partial charge in [-0.05, 0) is 30.5 Å². The first-order valence-corrected chi connectivity index (χ1v) is 6.62. The lowest BCUT2D eigenvalue weighted by Gasteiger charge is -2.18. The van der Waals surface area contributed by atoms with E-state index in [0.29, 0.717) is 11.5 Å². The van der Waals surface area contributed by atoms with Crippen LogP contribution in [0.3, 0.4) is 0 Å². The molecule has 0 aromatic heterocycles. The molecule has 0 fully saturated rings. The Morgan fingerprint density at radius 1 is 1.53 bits per heavy atom. The lowest BCUT2D eigenvalue weighted by molar-refractivity contribution is 0.674. The van der Waals surface area contributed by atoms with Gasteiger partial charge in [0.15, 0.2) is 5.17 Å². The van der Waals surface area contributed by atoms with E-state index in [2.05, 4.69) is 23.3 Å². The van der Waals surface area contributed by atoms with E-state index in [1.165, 1.54) is 0 Å². The number of thioether (sulfide) groups is 1. The van der Waals surface area contributed by atoms with Crippen LogP contribution in [-0.2, 0) is 0 Å². The van der Waals surface area contributed by atoms with Crippen molar-refractivity contribution in [1.29, 1.82) is 5.26 Å². The Hall–Kier alpha value is -1.47. The second kappa shape index (κ2) is 5.24. The SMILES string of the molecule is Cc1ccc(C#N)cc1NC1=NCC(C)CS1. The van der Waals surface area contributed by atoms with Crippen LogP contribution in [-0.4, -0.2) is 17.5 Å². The molecule has 1 unspecified atom stereocenters. The Labute approximate surface area is 106 Å². The summed E-state index contributed by atoms with van der Waals surface area (Å²) in [7, 11) is 0. The molecule has 1 heterocycles. The van der Waals surface area contributed by atoms with E-state index >= 15 is 0 Å². The van der Waals surface area contributed by atoms with Crippen LogP contribution in [0.2, 0.25) is 0 Å². The van der Waals surface area contributed by atoms with Gasteiger partial charge in [0.05, 0.1) is 11.6 Å². The zero-order valence-electron chi connectivity index (χ0n) is 10.0. The minimum absolute atomic E-state index is 0.650. The van der Waals surface area contributed by atoms with Crippen molar-refractivity contribution in [1.82, 2.24) is 0 Å². The van der Waals surface area contributed by atoms with E-state index < -0.39 is 0 Å². The number of nitriles is 1. The summed E-state index contributed by atoms with van der Waals surface area (Å²) in [6.07, 6.45) is 0. The maximum atomic E-state index is 8.88. The Morgan fingerprint density at radius 3 is 3.00 bits per heavy atom. The number of benzene rings is 1. The Morgan fingerprint density at radius 2 is 2.35 bits per heavy atom. The topological polar surface area (TPSA) is 48.2 Å². The predicted molar refractivity (Wildman–Crippen MR) is 73.4 cm³/mol. The molecule has 3 nitrogen and oxygen atoms in total. The molecule has 1 N–H and O–H groups in total. The number of rotatable bonds is 1. The lowest BCUT2D eigenvalue weighted by atomic mass is 10.1. The quantitative estimate of drug-likeness (QED) is 0.827. The first-order chi connectivity index (χ1) is 8.19. The molecule has 2 rings (SSSR count). The number of aryl methyl sites for hydroxylation is 1. The maximum Gasteiger partial charge on any atom is 0.161 e. The summed E-state index contributed by atoms with van der Waals surface area (Å²) in [5.74, 6) is 1.75. The Bertz CT molecular complexity index is 488. The number of hydrogen-bond donors (Lipinski definition) is 1. The largest absolute Gasteiger partial charge is 0.335 e. The van der Waals surface area contributed by atoms with Crippen molar-refractivity contribution < 1.29 is 0 Å². The summed E-state index contributed by atoms with van der Waals surface area (Å²) in [6.45, 7) is 5.11. The molecule has 0 saturated heterocycles. The van der Waals surface area contributed by atoms with Crippen LogP contribution in [0.4, 0.5) is 5.69 Å². The fraction of sp³-hybridized carbons (Fsp3) is 0.385. The van der Waals surface area contributed by atoms with Crippen molar-refractivity contribution in [3.8, 4) is 6.07 Å². The van der Waals surface area contributed by atoms with Crippen molar-refractivity contribution in [2.45, 2.75) is 13.8 Å². The standard InChI is InChI=1S/C13H15N3S/c1-9-7-15-13(17-8-9)16-12-5-11(6-14)4-3-10(12)2/h3-5,9H,7-8H2,1-2H3,(H,15,16). The average molecular weight is 245 g/mol. The molecule has 0 spiro atoms. The van der Waals surface area contributed by atoms with E-state index in [-0.39, 0.29) is 0 Å². The summed E-state index contributed by atoms with van der Waals surface area (Å²) in [5.41, 5.74) is 2.78. The van der Waals surface area contributed by atoms with Crippen molar-refractivity contribution in [3.63, 3.8) is 0 Å². The van der Waals surface area contributed by atoms with Gasteiger partial charge < -0.3 is 5.32 Å². The van der Waals surface area contributed by atoms with Crippen LogP contribution in [0.5, 0.6) is 0 Å². The van der Waals surface area contributed by atoms with Crippen LogP contribution in [0, 0.1) is 24.2 Å². The monoisotopic (exact) mass is 245 g/mol. The molecular formula is C13H15N3S. The molecule has 17 heavy (non-hydrogen) atoms. The van der Waals surface area contributed by atoms with Crippen LogP contribution in [0.25, 0.3) is 0 Å². The summed E-state index contributed by atoms with van der Waals surface area (Å²) in [6, 6.07) is 7.81. The second-order valence-electron chi connectivity index (χ2n) is 4.33. The van der Waals surface area contributed by atoms with Crippen molar-refractivity contribution in [2.75, 3.05) is 17.6 Å². The van der Waals surface area contributed by atoms with Gasteiger partial charge in [0.1, 0.15) is 0 Å². The van der Waals surface area contributed by atoms with E-state index in [1.807, 2.05) is 25.1 Å². The molecule has 0 radical (unpaired) electrons. The smallest absolute Gasteiger partial charge is 0.161 e. The molecule has 88 valence electrons. The lowest BCUT2D eigenvalue weighted by Crippen LogP contribution is -2.19. The number of anilines is 1. The second-order valence-corrected chi connectivity index (χ2v) is 5.34. The number of nitrogens with one attached hydrogen (secondary N) is 1. The minimum Gasteiger partial charge on any atom is -0.335 e. The Balaban J connectivity index is 2.16. The highest BCUT2D eigenvalue weighted by atomic mass is 32.2. The van der Waals surface area contributed by atoms with Gasteiger partial charge in [-0.15, -0.1) is 0 Å². The average Bonchev–Trinajstić information content (AvgIpc) is 2.35. The zero-order valence-corrected chi connectivity index (χ0v) is 10.8. The van der Waals surface area contributed by atoms with Gasteiger partial charge in [-0.1, -0.05) is 24.8 Å². The molecule has 4 heteroatoms. The van der Waals surface area contributed by atoms with E-state index in [1.54, 1.807) is 11.8 Å². The molecule has 0 saturated carbocycles. The van der Waals surface area contributed by atoms with Crippen molar-refractivity contribution >= 4 is 22.6 Å². The summed E-state index contributed by atoms with van der Waals surface area (Å²) >= 11 is 1.74. The normalized spacial score (nSPS) is 19.4. The number of aliphatic imine (C=N–C) groups is 1. The van der Waals surface area contributed by atoms with Gasteiger partial charge in [-0.25, -0.2) is 0 Å². The molecule has 1 aromatic carbocycles. The van der Waals surface area contributed by atoms with Gasteiger partial charge in [0.2, 0.25) is 0 Å².